The zero-order valence-corrected chi connectivity index (χ0v) is 15.1. The van der Waals surface area contributed by atoms with Crippen LogP contribution in [0.2, 0.25) is 0 Å². The molecule has 2 N–H and O–H groups in total. The Morgan fingerprint density at radius 3 is 2.70 bits per heavy atom. The van der Waals surface area contributed by atoms with Crippen LogP contribution in [0.1, 0.15) is 25.7 Å². The molecule has 3 rings (SSSR count). The van der Waals surface area contributed by atoms with Crippen LogP contribution in [-0.2, 0) is 10.0 Å². The first-order valence-electron chi connectivity index (χ1n) is 7.94. The molecule has 1 aromatic carbocycles. The van der Waals surface area contributed by atoms with Crippen LogP contribution in [0, 0.1) is 11.8 Å². The summed E-state index contributed by atoms with van der Waals surface area (Å²) in [4.78, 5) is 0. The van der Waals surface area contributed by atoms with Crippen molar-refractivity contribution in [1.82, 2.24) is 5.32 Å². The fourth-order valence-corrected chi connectivity index (χ4v) is 4.49. The molecule has 2 aliphatic rings. The molecular formula is C16H23N3O2S2. The lowest BCUT2D eigenvalue weighted by molar-refractivity contribution is 0.392. The van der Waals surface area contributed by atoms with E-state index in [0.29, 0.717) is 16.8 Å². The van der Waals surface area contributed by atoms with E-state index in [-0.39, 0.29) is 0 Å². The molecular weight excluding hydrogens is 330 g/mol. The summed E-state index contributed by atoms with van der Waals surface area (Å²) in [5.41, 5.74) is 1.40. The molecule has 0 spiro atoms. The third-order valence-corrected chi connectivity index (χ3v) is 6.45. The lowest BCUT2D eigenvalue weighted by Gasteiger charge is -2.25. The molecule has 3 atom stereocenters. The summed E-state index contributed by atoms with van der Waals surface area (Å²) >= 11 is 5.42. The van der Waals surface area contributed by atoms with Gasteiger partial charge in [0.1, 0.15) is 0 Å². The van der Waals surface area contributed by atoms with Crippen LogP contribution in [-0.4, -0.2) is 32.9 Å². The summed E-state index contributed by atoms with van der Waals surface area (Å²) in [5.74, 6) is 1.62. The highest BCUT2D eigenvalue weighted by atomic mass is 32.2. The zero-order chi connectivity index (χ0) is 16.6. The van der Waals surface area contributed by atoms with Crippen LogP contribution >= 0.6 is 12.2 Å². The number of hydrogen-bond donors (Lipinski definition) is 2. The van der Waals surface area contributed by atoms with Crippen LogP contribution in [0.25, 0.3) is 0 Å². The van der Waals surface area contributed by atoms with Crippen LogP contribution in [0.3, 0.4) is 0 Å². The summed E-state index contributed by atoms with van der Waals surface area (Å²) in [6.45, 7) is 0. The van der Waals surface area contributed by atoms with E-state index in [1.807, 2.05) is 12.1 Å². The van der Waals surface area contributed by atoms with Gasteiger partial charge >= 0.3 is 0 Å². The van der Waals surface area contributed by atoms with Gasteiger partial charge in [-0.3, -0.25) is 4.31 Å². The largest absolute Gasteiger partial charge is 0.359 e. The maximum atomic E-state index is 11.6. The Balaban J connectivity index is 1.62. The van der Waals surface area contributed by atoms with E-state index < -0.39 is 10.0 Å². The summed E-state index contributed by atoms with van der Waals surface area (Å²) in [7, 11) is -1.73. The van der Waals surface area contributed by atoms with Crippen molar-refractivity contribution in [3.05, 3.63) is 24.3 Å². The minimum absolute atomic E-state index is 0.482. The molecule has 0 saturated heterocycles. The first-order valence-corrected chi connectivity index (χ1v) is 10.2. The van der Waals surface area contributed by atoms with E-state index in [0.717, 1.165) is 17.5 Å². The molecule has 2 saturated carbocycles. The molecule has 0 aliphatic heterocycles. The average molecular weight is 354 g/mol. The molecule has 1 aromatic rings. The summed E-state index contributed by atoms with van der Waals surface area (Å²) in [6.07, 6.45) is 6.40. The Bertz CT molecular complexity index is 705. The summed E-state index contributed by atoms with van der Waals surface area (Å²) < 4.78 is 24.5. The number of rotatable bonds is 4. The van der Waals surface area contributed by atoms with Gasteiger partial charge in [-0.2, -0.15) is 0 Å². The van der Waals surface area contributed by atoms with Gasteiger partial charge < -0.3 is 10.6 Å². The lowest BCUT2D eigenvalue weighted by atomic mass is 9.96. The number of thiocarbonyl (C=S) groups is 1. The molecule has 2 aliphatic carbocycles. The summed E-state index contributed by atoms with van der Waals surface area (Å²) in [5, 5.41) is 7.21. The second kappa shape index (κ2) is 6.28. The molecule has 0 aromatic heterocycles. The molecule has 5 nitrogen and oxygen atoms in total. The number of nitrogens with one attached hydrogen (secondary N) is 2. The van der Waals surface area contributed by atoms with Crippen molar-refractivity contribution in [2.24, 2.45) is 11.8 Å². The minimum Gasteiger partial charge on any atom is -0.359 e. The van der Waals surface area contributed by atoms with Crippen molar-refractivity contribution in [2.75, 3.05) is 22.9 Å². The summed E-state index contributed by atoms with van der Waals surface area (Å²) in [6, 6.07) is 7.73. The van der Waals surface area contributed by atoms with E-state index in [1.165, 1.54) is 36.2 Å². The molecule has 126 valence electrons. The maximum Gasteiger partial charge on any atom is 0.231 e. The van der Waals surface area contributed by atoms with Gasteiger partial charge in [0.25, 0.3) is 0 Å². The van der Waals surface area contributed by atoms with Gasteiger partial charge in [0.15, 0.2) is 5.11 Å². The third-order valence-electron chi connectivity index (χ3n) is 5.02. The molecule has 0 amide bonds. The van der Waals surface area contributed by atoms with Crippen molar-refractivity contribution in [3.8, 4) is 0 Å². The van der Waals surface area contributed by atoms with Gasteiger partial charge in [-0.05, 0) is 61.5 Å². The van der Waals surface area contributed by atoms with Crippen molar-refractivity contribution in [1.29, 1.82) is 0 Å². The number of anilines is 2. The monoisotopic (exact) mass is 353 g/mol. The van der Waals surface area contributed by atoms with E-state index in [4.69, 9.17) is 12.2 Å². The third kappa shape index (κ3) is 3.77. The number of nitrogens with zero attached hydrogens (tertiary/aromatic N) is 1. The second-order valence-corrected chi connectivity index (χ2v) is 9.08. The molecule has 2 bridgehead atoms. The number of benzene rings is 1. The fraction of sp³-hybridized carbons (Fsp3) is 0.562. The Kier molecular flexibility index (Phi) is 4.51. The van der Waals surface area contributed by atoms with Gasteiger partial charge in [0.05, 0.1) is 11.9 Å². The lowest BCUT2D eigenvalue weighted by Crippen LogP contribution is -2.40. The molecule has 23 heavy (non-hydrogen) atoms. The molecule has 2 fully saturated rings. The van der Waals surface area contributed by atoms with Crippen LogP contribution in [0.5, 0.6) is 0 Å². The van der Waals surface area contributed by atoms with Crippen molar-refractivity contribution in [3.63, 3.8) is 0 Å². The van der Waals surface area contributed by atoms with Crippen LogP contribution in [0.15, 0.2) is 24.3 Å². The second-order valence-electron chi connectivity index (χ2n) is 6.66. The molecule has 0 heterocycles. The topological polar surface area (TPSA) is 61.4 Å². The Morgan fingerprint density at radius 1 is 1.30 bits per heavy atom. The van der Waals surface area contributed by atoms with E-state index in [9.17, 15) is 8.42 Å². The number of fused-ring (bicyclic) bond motifs is 2. The average Bonchev–Trinajstić information content (AvgIpc) is 3.08. The first kappa shape index (κ1) is 16.5. The quantitative estimate of drug-likeness (QED) is 0.815. The fourth-order valence-electron chi connectivity index (χ4n) is 3.73. The standard InChI is InChI=1S/C16H23N3O2S2/c1-19(23(2,20)21)14-5-3-4-13(10-14)17-16(22)18-15-9-11-6-7-12(15)8-11/h3-5,10-12,15H,6-9H2,1-2H3,(H2,17,18,22)/t11-,12-,15+/m0/s1. The van der Waals surface area contributed by atoms with Gasteiger partial charge in [0, 0.05) is 18.8 Å². The highest BCUT2D eigenvalue weighted by Crippen LogP contribution is 2.44. The number of hydrogen-bond acceptors (Lipinski definition) is 3. The highest BCUT2D eigenvalue weighted by Gasteiger charge is 2.39. The van der Waals surface area contributed by atoms with Gasteiger partial charge in [-0.25, -0.2) is 8.42 Å². The Hall–Kier alpha value is -1.34. The number of sulfonamides is 1. The molecule has 7 heteroatoms. The van der Waals surface area contributed by atoms with Gasteiger partial charge in [0.2, 0.25) is 10.0 Å². The predicted molar refractivity (Wildman–Crippen MR) is 98.3 cm³/mol. The smallest absolute Gasteiger partial charge is 0.231 e. The highest BCUT2D eigenvalue weighted by molar-refractivity contribution is 7.92. The van der Waals surface area contributed by atoms with Crippen molar-refractivity contribution < 1.29 is 8.42 Å². The zero-order valence-electron chi connectivity index (χ0n) is 13.5. The molecule has 0 unspecified atom stereocenters. The van der Waals surface area contributed by atoms with E-state index in [1.54, 1.807) is 19.2 Å². The maximum absolute atomic E-state index is 11.6. The normalized spacial score (nSPS) is 26.1. The SMILES string of the molecule is CN(c1cccc(NC(=S)N[C@@H]2C[C@H]3CC[C@H]2C3)c1)S(C)(=O)=O. The van der Waals surface area contributed by atoms with E-state index >= 15 is 0 Å². The van der Waals surface area contributed by atoms with Crippen LogP contribution in [0.4, 0.5) is 11.4 Å². The van der Waals surface area contributed by atoms with Crippen molar-refractivity contribution >= 4 is 38.7 Å². The molecule has 0 radical (unpaired) electrons. The van der Waals surface area contributed by atoms with E-state index in [2.05, 4.69) is 10.6 Å². The Labute approximate surface area is 143 Å². The Morgan fingerprint density at radius 2 is 2.09 bits per heavy atom. The minimum atomic E-state index is -3.27. The van der Waals surface area contributed by atoms with Gasteiger partial charge in [-0.15, -0.1) is 0 Å². The van der Waals surface area contributed by atoms with Crippen LogP contribution < -0.4 is 14.9 Å². The first-order chi connectivity index (χ1) is 10.8. The predicted octanol–water partition coefficient (Wildman–Crippen LogP) is 2.56. The van der Waals surface area contributed by atoms with Crippen molar-refractivity contribution in [2.45, 2.75) is 31.7 Å². The van der Waals surface area contributed by atoms with Gasteiger partial charge in [-0.1, -0.05) is 12.5 Å².